The van der Waals surface area contributed by atoms with Gasteiger partial charge >= 0.3 is 0 Å². The molecule has 2 atom stereocenters. The zero-order valence-electron chi connectivity index (χ0n) is 27.3. The van der Waals surface area contributed by atoms with Crippen LogP contribution in [0, 0.1) is 23.2 Å². The topological polar surface area (TPSA) is 125 Å². The van der Waals surface area contributed by atoms with Crippen LogP contribution in [0.5, 0.6) is 0 Å². The monoisotopic (exact) mass is 602 g/mol. The number of anilines is 1. The summed E-state index contributed by atoms with van der Waals surface area (Å²) in [5.74, 6) is -1.39. The van der Waals surface area contributed by atoms with Crippen LogP contribution in [-0.4, -0.2) is 36.2 Å². The van der Waals surface area contributed by atoms with E-state index in [9.17, 15) is 14.4 Å². The lowest BCUT2D eigenvalue weighted by atomic mass is 9.92. The first-order valence-electron chi connectivity index (χ1n) is 14.4. The second kappa shape index (κ2) is 32.1. The molecule has 0 aromatic heterocycles. The number of allylic oxidation sites excluding steroid dienone is 5. The fraction of sp³-hybridized carbons (Fsp3) is 0.471. The van der Waals surface area contributed by atoms with Gasteiger partial charge in [-0.3, -0.25) is 14.4 Å². The second-order valence-electron chi connectivity index (χ2n) is 8.98. The number of para-hydroxylation sites is 1. The number of hydrogen-bond donors (Lipinski definition) is 5. The molecular weight excluding hydrogens is 544 g/mol. The molecule has 0 aliphatic carbocycles. The van der Waals surface area contributed by atoms with E-state index in [-0.39, 0.29) is 18.9 Å². The van der Waals surface area contributed by atoms with Crippen molar-refractivity contribution >= 4 is 41.7 Å². The van der Waals surface area contributed by atoms with Crippen molar-refractivity contribution in [2.24, 2.45) is 23.5 Å². The maximum Gasteiger partial charge on any atom is 0.243 e. The largest absolute Gasteiger partial charge is 0.369 e. The molecule has 3 amide bonds. The minimum atomic E-state index is -0.653. The summed E-state index contributed by atoms with van der Waals surface area (Å²) < 4.78 is 0. The number of amides is 3. The van der Waals surface area contributed by atoms with Crippen molar-refractivity contribution in [1.29, 1.82) is 5.41 Å². The summed E-state index contributed by atoms with van der Waals surface area (Å²) in [5.41, 5.74) is 6.71. The number of nitrogens with two attached hydrogens (primary N) is 1. The Balaban J connectivity index is -0.000000515. The highest BCUT2D eigenvalue weighted by Crippen LogP contribution is 2.22. The Morgan fingerprint density at radius 1 is 1.00 bits per heavy atom. The molecule has 238 valence electrons. The zero-order chi connectivity index (χ0) is 33.5. The second-order valence-corrected chi connectivity index (χ2v) is 8.98. The third-order valence-electron chi connectivity index (χ3n) is 5.26. The molecule has 0 saturated carbocycles. The first-order chi connectivity index (χ1) is 20.0. The van der Waals surface area contributed by atoms with Crippen molar-refractivity contribution in [1.82, 2.24) is 5.32 Å². The van der Waals surface area contributed by atoms with Gasteiger partial charge < -0.3 is 21.8 Å². The van der Waals surface area contributed by atoms with Gasteiger partial charge in [-0.15, -0.1) is 19.7 Å². The van der Waals surface area contributed by atoms with E-state index in [4.69, 9.17) is 11.1 Å². The van der Waals surface area contributed by atoms with Crippen LogP contribution in [-0.2, 0) is 14.4 Å². The van der Waals surface area contributed by atoms with Crippen molar-refractivity contribution < 1.29 is 14.4 Å². The van der Waals surface area contributed by atoms with E-state index in [1.165, 1.54) is 12.5 Å². The number of thiol groups is 1. The van der Waals surface area contributed by atoms with Crippen molar-refractivity contribution in [2.75, 3.05) is 18.1 Å². The highest BCUT2D eigenvalue weighted by Gasteiger charge is 2.19. The Labute approximate surface area is 262 Å². The minimum absolute atomic E-state index is 0.109. The third kappa shape index (κ3) is 24.4. The van der Waals surface area contributed by atoms with Crippen LogP contribution in [0.15, 0.2) is 74.4 Å². The predicted molar refractivity (Wildman–Crippen MR) is 187 cm³/mol. The van der Waals surface area contributed by atoms with Gasteiger partial charge in [0.15, 0.2) is 0 Å². The van der Waals surface area contributed by atoms with E-state index < -0.39 is 23.6 Å². The van der Waals surface area contributed by atoms with Gasteiger partial charge in [-0.2, -0.15) is 12.6 Å². The predicted octanol–water partition coefficient (Wildman–Crippen LogP) is 7.76. The number of hydrogen-bond acceptors (Lipinski definition) is 5. The summed E-state index contributed by atoms with van der Waals surface area (Å²) in [6.45, 7) is 24.8. The number of rotatable bonds is 14. The van der Waals surface area contributed by atoms with Crippen molar-refractivity contribution in [3.8, 4) is 0 Å². The van der Waals surface area contributed by atoms with Gasteiger partial charge in [0.2, 0.25) is 17.7 Å². The van der Waals surface area contributed by atoms with Crippen molar-refractivity contribution in [3.63, 3.8) is 0 Å². The molecule has 0 aliphatic rings. The highest BCUT2D eigenvalue weighted by molar-refractivity contribution is 7.79. The van der Waals surface area contributed by atoms with Gasteiger partial charge in [0.25, 0.3) is 0 Å². The molecule has 0 saturated heterocycles. The lowest BCUT2D eigenvalue weighted by Crippen LogP contribution is -2.36. The molecule has 1 rings (SSSR count). The molecule has 0 radical (unpaired) electrons. The van der Waals surface area contributed by atoms with Gasteiger partial charge in [0.05, 0.1) is 6.54 Å². The quantitative estimate of drug-likeness (QED) is 0.0849. The molecule has 7 nitrogen and oxygen atoms in total. The van der Waals surface area contributed by atoms with Crippen LogP contribution in [0.3, 0.4) is 0 Å². The molecule has 0 spiro atoms. The van der Waals surface area contributed by atoms with Crippen molar-refractivity contribution in [2.45, 2.75) is 74.1 Å². The van der Waals surface area contributed by atoms with Gasteiger partial charge in [-0.1, -0.05) is 89.6 Å². The molecule has 0 aliphatic heterocycles. The van der Waals surface area contributed by atoms with Gasteiger partial charge in [-0.05, 0) is 44.9 Å². The molecule has 1 aromatic carbocycles. The zero-order valence-corrected chi connectivity index (χ0v) is 28.2. The number of nitrogens with one attached hydrogen (secondary N) is 3. The Hall–Kier alpha value is -3.39. The molecule has 42 heavy (non-hydrogen) atoms. The molecule has 0 fully saturated rings. The average Bonchev–Trinajstić information content (AvgIpc) is 2.98. The minimum Gasteiger partial charge on any atom is -0.369 e. The molecule has 8 heteroatoms. The van der Waals surface area contributed by atoms with E-state index in [2.05, 4.69) is 63.8 Å². The standard InChI is InChI=1S/C23H30N4O3.C5H12.C3H6.C2H6.CH4S/c1-4-9-16(10-5-2)22(24)18-12-7-8-13-19(18)27-21(29)15-26-20(28)14-17(11-6-3)23(25)30;1-4-5(2)3;1-3-2;2*1-2/h4-8,10,12-13,16-17,24H,1,3,9,11,14-15H2,2H3,(H2,25,30)(H,26,28)(H,27,29);5H,4H2,1-3H3;3H,1H2,2H3;1-2H3;2H,1H3/b10-5-,24-22?;;;;. The number of carbonyl (C=O) groups is 3. The van der Waals surface area contributed by atoms with E-state index in [0.29, 0.717) is 29.8 Å². The molecule has 5 N–H and O–H groups in total. The fourth-order valence-corrected chi connectivity index (χ4v) is 2.90. The van der Waals surface area contributed by atoms with Crippen LogP contribution in [0.4, 0.5) is 5.69 Å². The number of carbonyl (C=O) groups excluding carboxylic acids is 3. The number of benzene rings is 1. The van der Waals surface area contributed by atoms with E-state index in [1.54, 1.807) is 42.7 Å². The van der Waals surface area contributed by atoms with Crippen LogP contribution >= 0.6 is 12.6 Å². The fourth-order valence-electron chi connectivity index (χ4n) is 2.90. The van der Waals surface area contributed by atoms with E-state index in [1.807, 2.05) is 39.8 Å². The maximum atomic E-state index is 12.3. The van der Waals surface area contributed by atoms with E-state index >= 15 is 0 Å². The van der Waals surface area contributed by atoms with Gasteiger partial charge in [0.1, 0.15) is 0 Å². The van der Waals surface area contributed by atoms with Gasteiger partial charge in [-0.25, -0.2) is 0 Å². The molecule has 2 unspecified atom stereocenters. The Kier molecular flexibility index (Phi) is 34.9. The summed E-state index contributed by atoms with van der Waals surface area (Å²) in [6, 6.07) is 7.03. The Bertz CT molecular complexity index is 942. The summed E-state index contributed by atoms with van der Waals surface area (Å²) in [6.07, 6.45) is 12.6. The Morgan fingerprint density at radius 3 is 1.93 bits per heavy atom. The van der Waals surface area contributed by atoms with Crippen LogP contribution < -0.4 is 16.4 Å². The summed E-state index contributed by atoms with van der Waals surface area (Å²) in [5, 5.41) is 13.8. The summed E-state index contributed by atoms with van der Waals surface area (Å²) >= 11 is 3.53. The van der Waals surface area contributed by atoms with Gasteiger partial charge in [0, 0.05) is 35.2 Å². The third-order valence-corrected chi connectivity index (χ3v) is 5.26. The highest BCUT2D eigenvalue weighted by atomic mass is 32.1. The van der Waals surface area contributed by atoms with Crippen molar-refractivity contribution in [3.05, 3.63) is 79.9 Å². The first-order valence-corrected chi connectivity index (χ1v) is 15.3. The molecular formula is C34H58N4O3S. The normalized spacial score (nSPS) is 10.7. The average molecular weight is 603 g/mol. The summed E-state index contributed by atoms with van der Waals surface area (Å²) in [4.78, 5) is 35.7. The number of primary amides is 1. The van der Waals surface area contributed by atoms with Crippen LogP contribution in [0.2, 0.25) is 0 Å². The van der Waals surface area contributed by atoms with Crippen LogP contribution in [0.1, 0.15) is 79.7 Å². The molecule has 0 heterocycles. The summed E-state index contributed by atoms with van der Waals surface area (Å²) in [7, 11) is 0. The first kappa shape index (κ1) is 45.6. The Morgan fingerprint density at radius 2 is 1.50 bits per heavy atom. The van der Waals surface area contributed by atoms with Crippen LogP contribution in [0.25, 0.3) is 0 Å². The molecule has 1 aromatic rings. The SMILES string of the molecule is C=CC.C=CCC(/C=C\C)C(=N)c1ccccc1NC(=O)CNC(=O)CC(CC=C)C(N)=O.CC.CCC(C)C.CS. The van der Waals surface area contributed by atoms with E-state index in [0.717, 1.165) is 5.92 Å². The lowest BCUT2D eigenvalue weighted by Gasteiger charge is -2.17. The molecule has 0 bridgehead atoms. The lowest BCUT2D eigenvalue weighted by molar-refractivity contribution is -0.129. The smallest absolute Gasteiger partial charge is 0.243 e. The maximum absolute atomic E-state index is 12.3.